The second kappa shape index (κ2) is 8.93. The van der Waals surface area contributed by atoms with Gasteiger partial charge in [0.05, 0.1) is 6.04 Å². The standard InChI is InChI=1S/C25H25BrN2O/c1-19-7-9-22(10-8-19)25(29)28-17-15-27(16-18-28)24(20-5-3-2-4-6-20)21-11-13-23(26)14-12-21/h2-14,24H,15-18H2,1H3. The molecule has 3 aromatic rings. The summed E-state index contributed by atoms with van der Waals surface area (Å²) in [7, 11) is 0. The molecule has 1 unspecified atom stereocenters. The fourth-order valence-corrected chi connectivity index (χ4v) is 4.22. The fraction of sp³-hybridized carbons (Fsp3) is 0.240. The predicted molar refractivity (Wildman–Crippen MR) is 121 cm³/mol. The van der Waals surface area contributed by atoms with Crippen LogP contribution in [0.15, 0.2) is 83.3 Å². The third kappa shape index (κ3) is 4.60. The predicted octanol–water partition coefficient (Wildman–Crippen LogP) is 5.30. The van der Waals surface area contributed by atoms with E-state index in [9.17, 15) is 4.79 Å². The molecule has 0 aliphatic carbocycles. The van der Waals surface area contributed by atoms with Crippen molar-refractivity contribution in [3.05, 3.63) is 106 Å². The number of carbonyl (C=O) groups excluding carboxylic acids is 1. The maximum atomic E-state index is 12.9. The van der Waals surface area contributed by atoms with Gasteiger partial charge in [-0.3, -0.25) is 9.69 Å². The molecule has 1 atom stereocenters. The van der Waals surface area contributed by atoms with Gasteiger partial charge in [-0.2, -0.15) is 0 Å². The van der Waals surface area contributed by atoms with E-state index in [2.05, 4.69) is 75.4 Å². The number of rotatable bonds is 4. The Kier molecular flexibility index (Phi) is 6.12. The van der Waals surface area contributed by atoms with E-state index in [4.69, 9.17) is 0 Å². The quantitative estimate of drug-likeness (QED) is 0.540. The van der Waals surface area contributed by atoms with Gasteiger partial charge >= 0.3 is 0 Å². The van der Waals surface area contributed by atoms with E-state index in [0.717, 1.165) is 36.2 Å². The van der Waals surface area contributed by atoms with Crippen molar-refractivity contribution in [2.75, 3.05) is 26.2 Å². The largest absolute Gasteiger partial charge is 0.336 e. The summed E-state index contributed by atoms with van der Waals surface area (Å²) in [4.78, 5) is 17.3. The number of halogens is 1. The first-order valence-corrected chi connectivity index (χ1v) is 10.8. The van der Waals surface area contributed by atoms with E-state index < -0.39 is 0 Å². The van der Waals surface area contributed by atoms with Crippen LogP contribution in [0.2, 0.25) is 0 Å². The van der Waals surface area contributed by atoms with Crippen LogP contribution in [0.5, 0.6) is 0 Å². The monoisotopic (exact) mass is 448 g/mol. The summed E-state index contributed by atoms with van der Waals surface area (Å²) in [5.74, 6) is 0.129. The molecule has 4 rings (SSSR count). The van der Waals surface area contributed by atoms with Crippen molar-refractivity contribution in [2.24, 2.45) is 0 Å². The highest BCUT2D eigenvalue weighted by atomic mass is 79.9. The molecule has 148 valence electrons. The van der Waals surface area contributed by atoms with Crippen LogP contribution in [0.4, 0.5) is 0 Å². The molecule has 29 heavy (non-hydrogen) atoms. The van der Waals surface area contributed by atoms with E-state index >= 15 is 0 Å². The minimum absolute atomic E-state index is 0.129. The van der Waals surface area contributed by atoms with Gasteiger partial charge in [-0.05, 0) is 42.3 Å². The fourth-order valence-electron chi connectivity index (χ4n) is 3.96. The highest BCUT2D eigenvalue weighted by Gasteiger charge is 2.28. The van der Waals surface area contributed by atoms with E-state index in [1.165, 1.54) is 16.7 Å². The van der Waals surface area contributed by atoms with E-state index in [0.29, 0.717) is 0 Å². The number of hydrogen-bond acceptors (Lipinski definition) is 2. The zero-order valence-electron chi connectivity index (χ0n) is 16.6. The summed E-state index contributed by atoms with van der Waals surface area (Å²) < 4.78 is 1.08. The number of piperazine rings is 1. The van der Waals surface area contributed by atoms with Gasteiger partial charge in [-0.15, -0.1) is 0 Å². The Morgan fingerprint density at radius 2 is 1.38 bits per heavy atom. The molecule has 1 heterocycles. The Balaban J connectivity index is 1.51. The summed E-state index contributed by atoms with van der Waals surface area (Å²) in [6, 6.07) is 27.3. The summed E-state index contributed by atoms with van der Waals surface area (Å²) in [5, 5.41) is 0. The average molecular weight is 449 g/mol. The molecule has 0 saturated carbocycles. The molecule has 1 amide bonds. The lowest BCUT2D eigenvalue weighted by atomic mass is 9.96. The summed E-state index contributed by atoms with van der Waals surface area (Å²) in [6.45, 7) is 5.23. The topological polar surface area (TPSA) is 23.6 Å². The molecule has 3 aromatic carbocycles. The molecule has 1 aliphatic heterocycles. The Bertz CT molecular complexity index is 946. The normalized spacial score (nSPS) is 15.9. The molecule has 0 spiro atoms. The van der Waals surface area contributed by atoms with E-state index in [1.54, 1.807) is 0 Å². The number of nitrogens with zero attached hydrogens (tertiary/aromatic N) is 2. The van der Waals surface area contributed by atoms with Gasteiger partial charge in [0.1, 0.15) is 0 Å². The van der Waals surface area contributed by atoms with Crippen molar-refractivity contribution in [3.63, 3.8) is 0 Å². The Morgan fingerprint density at radius 3 is 2.00 bits per heavy atom. The molecule has 0 aromatic heterocycles. The van der Waals surface area contributed by atoms with Crippen LogP contribution in [0.25, 0.3) is 0 Å². The highest BCUT2D eigenvalue weighted by Crippen LogP contribution is 2.30. The molecule has 1 fully saturated rings. The maximum Gasteiger partial charge on any atom is 0.253 e. The molecular formula is C25H25BrN2O. The van der Waals surface area contributed by atoms with Gasteiger partial charge in [-0.25, -0.2) is 0 Å². The Labute approximate surface area is 181 Å². The van der Waals surface area contributed by atoms with Gasteiger partial charge < -0.3 is 4.90 Å². The van der Waals surface area contributed by atoms with Crippen molar-refractivity contribution in [1.29, 1.82) is 0 Å². The third-order valence-corrected chi connectivity index (χ3v) is 6.09. The number of carbonyl (C=O) groups is 1. The number of amides is 1. The molecule has 0 radical (unpaired) electrons. The van der Waals surface area contributed by atoms with Gasteiger partial charge in [0, 0.05) is 36.2 Å². The Hall–Kier alpha value is -2.43. The minimum atomic E-state index is 0.129. The van der Waals surface area contributed by atoms with Crippen molar-refractivity contribution < 1.29 is 4.79 Å². The zero-order valence-corrected chi connectivity index (χ0v) is 18.2. The van der Waals surface area contributed by atoms with Gasteiger partial charge in [0.15, 0.2) is 0 Å². The first-order valence-electron chi connectivity index (χ1n) is 10.0. The molecule has 1 aliphatic rings. The van der Waals surface area contributed by atoms with Crippen LogP contribution in [0.1, 0.15) is 33.1 Å². The van der Waals surface area contributed by atoms with Crippen LogP contribution in [-0.2, 0) is 0 Å². The van der Waals surface area contributed by atoms with Crippen molar-refractivity contribution in [2.45, 2.75) is 13.0 Å². The Morgan fingerprint density at radius 1 is 0.793 bits per heavy atom. The van der Waals surface area contributed by atoms with Crippen molar-refractivity contribution in [3.8, 4) is 0 Å². The molecule has 3 nitrogen and oxygen atoms in total. The van der Waals surface area contributed by atoms with Crippen LogP contribution in [0, 0.1) is 6.92 Å². The van der Waals surface area contributed by atoms with Crippen LogP contribution in [0.3, 0.4) is 0 Å². The molecule has 1 saturated heterocycles. The zero-order chi connectivity index (χ0) is 20.2. The average Bonchev–Trinajstić information content (AvgIpc) is 2.77. The minimum Gasteiger partial charge on any atom is -0.336 e. The molecule has 0 bridgehead atoms. The van der Waals surface area contributed by atoms with E-state index in [-0.39, 0.29) is 11.9 Å². The lowest BCUT2D eigenvalue weighted by Gasteiger charge is -2.40. The molecule has 0 N–H and O–H groups in total. The molecular weight excluding hydrogens is 424 g/mol. The van der Waals surface area contributed by atoms with Crippen LogP contribution in [-0.4, -0.2) is 41.9 Å². The number of benzene rings is 3. The summed E-state index contributed by atoms with van der Waals surface area (Å²) in [6.07, 6.45) is 0. The number of aryl methyl sites for hydroxylation is 1. The lowest BCUT2D eigenvalue weighted by Crippen LogP contribution is -2.49. The number of hydrogen-bond donors (Lipinski definition) is 0. The van der Waals surface area contributed by atoms with Crippen molar-refractivity contribution in [1.82, 2.24) is 9.80 Å². The molecule has 4 heteroatoms. The van der Waals surface area contributed by atoms with Crippen molar-refractivity contribution >= 4 is 21.8 Å². The second-order valence-corrected chi connectivity index (χ2v) is 8.47. The van der Waals surface area contributed by atoms with Crippen LogP contribution < -0.4 is 0 Å². The maximum absolute atomic E-state index is 12.9. The van der Waals surface area contributed by atoms with Gasteiger partial charge in [-0.1, -0.05) is 76.1 Å². The van der Waals surface area contributed by atoms with Gasteiger partial charge in [0.25, 0.3) is 5.91 Å². The smallest absolute Gasteiger partial charge is 0.253 e. The first kappa shape index (κ1) is 19.9. The summed E-state index contributed by atoms with van der Waals surface area (Å²) >= 11 is 3.54. The van der Waals surface area contributed by atoms with E-state index in [1.807, 2.05) is 36.1 Å². The van der Waals surface area contributed by atoms with Gasteiger partial charge in [0.2, 0.25) is 0 Å². The second-order valence-electron chi connectivity index (χ2n) is 7.56. The first-order chi connectivity index (χ1) is 14.1. The van der Waals surface area contributed by atoms with Crippen LogP contribution >= 0.6 is 15.9 Å². The highest BCUT2D eigenvalue weighted by molar-refractivity contribution is 9.10. The SMILES string of the molecule is Cc1ccc(C(=O)N2CCN(C(c3ccccc3)c3ccc(Br)cc3)CC2)cc1. The third-order valence-electron chi connectivity index (χ3n) is 5.57. The lowest BCUT2D eigenvalue weighted by molar-refractivity contribution is 0.0597. The summed E-state index contributed by atoms with van der Waals surface area (Å²) in [5.41, 5.74) is 4.51.